The highest BCUT2D eigenvalue weighted by Gasteiger charge is 2.29. The molecule has 0 unspecified atom stereocenters. The third-order valence-corrected chi connectivity index (χ3v) is 1.05. The van der Waals surface area contributed by atoms with E-state index in [2.05, 4.69) is 0 Å². The molecule has 3 nitrogen and oxygen atoms in total. The van der Waals surface area contributed by atoms with Crippen LogP contribution in [0.2, 0.25) is 0 Å². The molecule has 0 N–H and O–H groups in total. The summed E-state index contributed by atoms with van der Waals surface area (Å²) in [4.78, 5) is 21.4. The molecule has 0 radical (unpaired) electrons. The first-order chi connectivity index (χ1) is 3.22. The third-order valence-electron chi connectivity index (χ3n) is 1.05. The normalized spacial score (nSPS) is 19.9. The van der Waals surface area contributed by atoms with Gasteiger partial charge in [0.2, 0.25) is 11.8 Å². The fraction of sp³-hybridized carbons (Fsp3) is 0.500. The molecule has 0 saturated carbocycles. The number of carbonyl (C=O) groups is 2. The van der Waals surface area contributed by atoms with E-state index in [1.54, 1.807) is 0 Å². The number of imide groups is 1. The highest BCUT2D eigenvalue weighted by atomic mass is 16.2. The molecule has 0 aromatic rings. The fourth-order valence-corrected chi connectivity index (χ4v) is 0.414. The number of hydrogen-bond donors (Lipinski definition) is 0. The first kappa shape index (κ1) is 4.30. The third kappa shape index (κ3) is 0.408. The van der Waals surface area contributed by atoms with Gasteiger partial charge >= 0.3 is 0 Å². The van der Waals surface area contributed by atoms with Crippen LogP contribution in [-0.2, 0) is 9.59 Å². The number of β-lactam (4-membered cyclic amide) rings is 2. The monoisotopic (exact) mass is 99.0 g/mol. The second-order valence-corrected chi connectivity index (χ2v) is 1.52. The highest BCUT2D eigenvalue weighted by Crippen LogP contribution is 2.05. The molecule has 7 heavy (non-hydrogen) atoms. The van der Waals surface area contributed by atoms with Crippen molar-refractivity contribution in [2.24, 2.45) is 0 Å². The molecule has 0 atom stereocenters. The quantitative estimate of drug-likeness (QED) is 0.299. The van der Waals surface area contributed by atoms with Gasteiger partial charge in [-0.05, 0) is 0 Å². The Hall–Kier alpha value is -0.860. The first-order valence-corrected chi connectivity index (χ1v) is 2.01. The molecule has 0 aromatic heterocycles. The van der Waals surface area contributed by atoms with Crippen LogP contribution in [0.15, 0.2) is 0 Å². The highest BCUT2D eigenvalue weighted by molar-refractivity contribution is 6.14. The van der Waals surface area contributed by atoms with Crippen LogP contribution in [0.25, 0.3) is 0 Å². The van der Waals surface area contributed by atoms with Crippen LogP contribution in [0.1, 0.15) is 6.42 Å². The maximum Gasteiger partial charge on any atom is 0.238 e. The summed E-state index contributed by atoms with van der Waals surface area (Å²) < 4.78 is 0. The average molecular weight is 99.1 g/mol. The predicted molar refractivity (Wildman–Crippen MR) is 22.4 cm³/mol. The van der Waals surface area contributed by atoms with Gasteiger partial charge in [0.05, 0.1) is 0 Å². The van der Waals surface area contributed by atoms with E-state index in [0.717, 1.165) is 4.90 Å². The van der Waals surface area contributed by atoms with Gasteiger partial charge in [-0.25, -0.2) is 0 Å². The lowest BCUT2D eigenvalue weighted by atomic mass is 10.2. The molecule has 0 bridgehead atoms. The van der Waals surface area contributed by atoms with Crippen LogP contribution in [-0.4, -0.2) is 23.8 Å². The van der Waals surface area contributed by atoms with Gasteiger partial charge in [0.15, 0.2) is 0 Å². The second-order valence-electron chi connectivity index (χ2n) is 1.52. The van der Waals surface area contributed by atoms with E-state index >= 15 is 0 Å². The van der Waals surface area contributed by atoms with Crippen molar-refractivity contribution in [2.45, 2.75) is 6.42 Å². The summed E-state index contributed by atoms with van der Waals surface area (Å²) in [6, 6.07) is 0. The van der Waals surface area contributed by atoms with Crippen LogP contribution < -0.4 is 0 Å². The van der Waals surface area contributed by atoms with E-state index in [-0.39, 0.29) is 18.2 Å². The molecule has 2 amide bonds. The van der Waals surface area contributed by atoms with Crippen molar-refractivity contribution >= 4 is 11.8 Å². The summed E-state index contributed by atoms with van der Waals surface area (Å²) in [5.74, 6) is -0.157. The van der Waals surface area contributed by atoms with Crippen LogP contribution in [0.3, 0.4) is 0 Å². The number of hydrogen-bond acceptors (Lipinski definition) is 2. The van der Waals surface area contributed by atoms with Crippen LogP contribution in [0.4, 0.5) is 0 Å². The molecule has 1 aliphatic rings. The van der Waals surface area contributed by atoms with Gasteiger partial charge in [0, 0.05) is 7.05 Å². The minimum absolute atomic E-state index is 0.0787. The van der Waals surface area contributed by atoms with Crippen LogP contribution >= 0.6 is 0 Å². The van der Waals surface area contributed by atoms with Gasteiger partial charge in [-0.1, -0.05) is 0 Å². The summed E-state index contributed by atoms with van der Waals surface area (Å²) in [5, 5.41) is 0. The van der Waals surface area contributed by atoms with Crippen molar-refractivity contribution in [3.05, 3.63) is 0 Å². The van der Waals surface area contributed by atoms with Crippen molar-refractivity contribution in [2.75, 3.05) is 7.05 Å². The molecule has 0 aromatic carbocycles. The molecule has 1 rings (SSSR count). The predicted octanol–water partition coefficient (Wildman–Crippen LogP) is -0.625. The van der Waals surface area contributed by atoms with Crippen molar-refractivity contribution in [3.8, 4) is 0 Å². The molecular weight excluding hydrogens is 94.0 g/mol. The minimum atomic E-state index is -0.0787. The standard InChI is InChI=1S/C4H5NO2/c1-5-3(6)2-4(5)7/h2H2,1H3. The van der Waals surface area contributed by atoms with Crippen molar-refractivity contribution in [1.82, 2.24) is 4.90 Å². The lowest BCUT2D eigenvalue weighted by Crippen LogP contribution is -2.45. The Balaban J connectivity index is 2.59. The molecule has 0 spiro atoms. The van der Waals surface area contributed by atoms with Crippen molar-refractivity contribution in [3.63, 3.8) is 0 Å². The first-order valence-electron chi connectivity index (χ1n) is 2.01. The maximum atomic E-state index is 10.1. The largest absolute Gasteiger partial charge is 0.285 e. The molecule has 38 valence electrons. The van der Waals surface area contributed by atoms with E-state index in [0.29, 0.717) is 0 Å². The maximum absolute atomic E-state index is 10.1. The van der Waals surface area contributed by atoms with Gasteiger partial charge in [0.25, 0.3) is 0 Å². The van der Waals surface area contributed by atoms with Gasteiger partial charge in [-0.2, -0.15) is 0 Å². The van der Waals surface area contributed by atoms with E-state index < -0.39 is 0 Å². The molecular formula is C4H5NO2. The Bertz CT molecular complexity index is 116. The summed E-state index contributed by atoms with van der Waals surface area (Å²) >= 11 is 0. The van der Waals surface area contributed by atoms with Gasteiger partial charge < -0.3 is 0 Å². The number of likely N-dealkylation sites (tertiary alicyclic amines) is 1. The zero-order valence-corrected chi connectivity index (χ0v) is 3.97. The molecule has 3 heteroatoms. The SMILES string of the molecule is CN1C(=O)CC1=O. The number of amides is 2. The summed E-state index contributed by atoms with van der Waals surface area (Å²) in [6.45, 7) is 0. The summed E-state index contributed by atoms with van der Waals surface area (Å²) in [6.07, 6.45) is 0.108. The van der Waals surface area contributed by atoms with Crippen LogP contribution in [0, 0.1) is 0 Å². The number of carbonyl (C=O) groups excluding carboxylic acids is 2. The zero-order valence-electron chi connectivity index (χ0n) is 3.97. The molecule has 1 heterocycles. The molecule has 1 fully saturated rings. The molecule has 1 saturated heterocycles. The number of rotatable bonds is 0. The van der Waals surface area contributed by atoms with Crippen LogP contribution in [0.5, 0.6) is 0 Å². The second kappa shape index (κ2) is 1.05. The Kier molecular flexibility index (Phi) is 0.648. The minimum Gasteiger partial charge on any atom is -0.285 e. The average Bonchev–Trinajstić information content (AvgIpc) is 1.68. The van der Waals surface area contributed by atoms with Gasteiger partial charge in [0.1, 0.15) is 6.42 Å². The fourth-order valence-electron chi connectivity index (χ4n) is 0.414. The Labute approximate surface area is 40.9 Å². The van der Waals surface area contributed by atoms with Crippen molar-refractivity contribution < 1.29 is 9.59 Å². The molecule has 0 aliphatic carbocycles. The Morgan fingerprint density at radius 3 is 1.86 bits per heavy atom. The lowest BCUT2D eigenvalue weighted by Gasteiger charge is -2.22. The van der Waals surface area contributed by atoms with E-state index in [4.69, 9.17) is 0 Å². The van der Waals surface area contributed by atoms with E-state index in [9.17, 15) is 9.59 Å². The topological polar surface area (TPSA) is 37.4 Å². The smallest absolute Gasteiger partial charge is 0.238 e. The Morgan fingerprint density at radius 2 is 1.86 bits per heavy atom. The van der Waals surface area contributed by atoms with Gasteiger partial charge in [-0.15, -0.1) is 0 Å². The van der Waals surface area contributed by atoms with Crippen molar-refractivity contribution in [1.29, 1.82) is 0 Å². The van der Waals surface area contributed by atoms with E-state index in [1.165, 1.54) is 7.05 Å². The van der Waals surface area contributed by atoms with Gasteiger partial charge in [-0.3, -0.25) is 14.5 Å². The Morgan fingerprint density at radius 1 is 1.43 bits per heavy atom. The zero-order chi connectivity index (χ0) is 5.44. The summed E-state index contributed by atoms with van der Waals surface area (Å²) in [7, 11) is 1.48. The number of nitrogens with zero attached hydrogens (tertiary/aromatic N) is 1. The van der Waals surface area contributed by atoms with E-state index in [1.807, 2.05) is 0 Å². The summed E-state index contributed by atoms with van der Waals surface area (Å²) in [5.41, 5.74) is 0. The lowest BCUT2D eigenvalue weighted by molar-refractivity contribution is -0.155. The molecule has 1 aliphatic heterocycles.